The fourth-order valence-electron chi connectivity index (χ4n) is 4.24. The van der Waals surface area contributed by atoms with Crippen molar-refractivity contribution in [2.24, 2.45) is 10.9 Å². The van der Waals surface area contributed by atoms with E-state index in [0.717, 1.165) is 23.8 Å². The number of carbonyl (C=O) groups excluding carboxylic acids is 1. The molecular formula is C17H28N2OS. The van der Waals surface area contributed by atoms with Crippen molar-refractivity contribution in [3.63, 3.8) is 0 Å². The summed E-state index contributed by atoms with van der Waals surface area (Å²) in [6.45, 7) is 0. The molecule has 3 nitrogen and oxygen atoms in total. The van der Waals surface area contributed by atoms with E-state index in [1.54, 1.807) is 11.8 Å². The Kier molecular flexibility index (Phi) is 4.92. The van der Waals surface area contributed by atoms with Gasteiger partial charge in [-0.25, -0.2) is 0 Å². The molecule has 3 rings (SSSR count). The average molecular weight is 308 g/mol. The van der Waals surface area contributed by atoms with Crippen molar-refractivity contribution in [3.8, 4) is 0 Å². The number of amidine groups is 1. The van der Waals surface area contributed by atoms with Crippen LogP contribution in [-0.2, 0) is 4.79 Å². The van der Waals surface area contributed by atoms with Gasteiger partial charge in [0.2, 0.25) is 0 Å². The summed E-state index contributed by atoms with van der Waals surface area (Å²) in [5.41, 5.74) is 0.301. The van der Waals surface area contributed by atoms with Gasteiger partial charge in [0.15, 0.2) is 5.17 Å². The minimum Gasteiger partial charge on any atom is -0.348 e. The molecule has 118 valence electrons. The molecule has 1 heterocycles. The maximum atomic E-state index is 12.5. The van der Waals surface area contributed by atoms with Crippen molar-refractivity contribution in [1.29, 1.82) is 0 Å². The first-order valence-electron chi connectivity index (χ1n) is 8.70. The summed E-state index contributed by atoms with van der Waals surface area (Å²) in [7, 11) is 2.17. The van der Waals surface area contributed by atoms with Crippen LogP contribution < -0.4 is 0 Å². The number of rotatable bonds is 1. The molecule has 3 fully saturated rings. The van der Waals surface area contributed by atoms with Crippen molar-refractivity contribution < 1.29 is 4.79 Å². The Morgan fingerprint density at radius 2 is 1.76 bits per heavy atom. The smallest absolute Gasteiger partial charge is 0.251 e. The normalized spacial score (nSPS) is 29.0. The van der Waals surface area contributed by atoms with Gasteiger partial charge in [-0.1, -0.05) is 50.3 Å². The highest BCUT2D eigenvalue weighted by Gasteiger charge is 2.40. The van der Waals surface area contributed by atoms with Crippen LogP contribution in [-0.4, -0.2) is 34.3 Å². The van der Waals surface area contributed by atoms with Crippen molar-refractivity contribution in [3.05, 3.63) is 0 Å². The van der Waals surface area contributed by atoms with E-state index in [2.05, 4.69) is 16.9 Å². The Morgan fingerprint density at radius 3 is 2.48 bits per heavy atom. The quantitative estimate of drug-likeness (QED) is 0.727. The summed E-state index contributed by atoms with van der Waals surface area (Å²) >= 11 is 1.79. The first-order valence-corrected chi connectivity index (χ1v) is 9.69. The molecule has 0 unspecified atom stereocenters. The summed E-state index contributed by atoms with van der Waals surface area (Å²) < 4.78 is 0. The summed E-state index contributed by atoms with van der Waals surface area (Å²) in [4.78, 5) is 19.4. The second-order valence-corrected chi connectivity index (χ2v) is 8.07. The van der Waals surface area contributed by atoms with Gasteiger partial charge in [-0.05, 0) is 32.1 Å². The van der Waals surface area contributed by atoms with Gasteiger partial charge in [0.1, 0.15) is 0 Å². The molecule has 0 bridgehead atoms. The van der Waals surface area contributed by atoms with Crippen molar-refractivity contribution >= 4 is 22.8 Å². The van der Waals surface area contributed by atoms with Crippen molar-refractivity contribution in [2.75, 3.05) is 12.8 Å². The van der Waals surface area contributed by atoms with E-state index in [1.165, 1.54) is 57.8 Å². The van der Waals surface area contributed by atoms with Gasteiger partial charge in [-0.15, -0.1) is 0 Å². The predicted octanol–water partition coefficient (Wildman–Crippen LogP) is 4.22. The second kappa shape index (κ2) is 6.72. The molecule has 0 atom stereocenters. The first-order chi connectivity index (χ1) is 10.2. The molecular weight excluding hydrogens is 280 g/mol. The third kappa shape index (κ3) is 3.30. The Bertz CT molecular complexity index is 404. The Labute approximate surface area is 133 Å². The van der Waals surface area contributed by atoms with E-state index >= 15 is 0 Å². The summed E-state index contributed by atoms with van der Waals surface area (Å²) in [5, 5.41) is 0.999. The third-order valence-corrected chi connectivity index (χ3v) is 6.77. The van der Waals surface area contributed by atoms with Crippen LogP contribution in [0.3, 0.4) is 0 Å². The van der Waals surface area contributed by atoms with Gasteiger partial charge < -0.3 is 4.90 Å². The highest BCUT2D eigenvalue weighted by atomic mass is 32.2. The van der Waals surface area contributed by atoms with Gasteiger partial charge in [0.05, 0.1) is 0 Å². The third-order valence-electron chi connectivity index (χ3n) is 5.74. The zero-order valence-electron chi connectivity index (χ0n) is 13.3. The van der Waals surface area contributed by atoms with Crippen LogP contribution in [0.25, 0.3) is 0 Å². The van der Waals surface area contributed by atoms with Crippen molar-refractivity contribution in [2.45, 2.75) is 76.2 Å². The molecule has 0 aromatic carbocycles. The second-order valence-electron chi connectivity index (χ2n) is 7.01. The fourth-order valence-corrected chi connectivity index (χ4v) is 5.44. The van der Waals surface area contributed by atoms with Gasteiger partial charge in [0, 0.05) is 24.3 Å². The topological polar surface area (TPSA) is 32.7 Å². The van der Waals surface area contributed by atoms with Crippen LogP contribution in [0.2, 0.25) is 0 Å². The summed E-state index contributed by atoms with van der Waals surface area (Å²) in [6, 6.07) is 0. The van der Waals surface area contributed by atoms with E-state index in [0.29, 0.717) is 5.54 Å². The highest BCUT2D eigenvalue weighted by Crippen LogP contribution is 2.41. The standard InChI is InChI=1S/C17H28N2OS/c1-19-16(18-15(20)14-8-4-2-5-9-14)21-13-12-17(19)10-6-3-7-11-17/h14H,2-13H2,1H3. The molecule has 0 N–H and O–H groups in total. The minimum absolute atomic E-state index is 0.150. The monoisotopic (exact) mass is 308 g/mol. The number of amides is 1. The number of nitrogens with zero attached hydrogens (tertiary/aromatic N) is 2. The maximum Gasteiger partial charge on any atom is 0.251 e. The number of thioether (sulfide) groups is 1. The molecule has 1 amide bonds. The number of hydrogen-bond acceptors (Lipinski definition) is 2. The highest BCUT2D eigenvalue weighted by molar-refractivity contribution is 8.13. The van der Waals surface area contributed by atoms with E-state index < -0.39 is 0 Å². The van der Waals surface area contributed by atoms with Crippen LogP contribution in [0.1, 0.15) is 70.6 Å². The molecule has 0 aromatic heterocycles. The molecule has 0 radical (unpaired) electrons. The number of aliphatic imine (C=N–C) groups is 1. The first kappa shape index (κ1) is 15.4. The Balaban J connectivity index is 1.71. The van der Waals surface area contributed by atoms with Gasteiger partial charge in [0.25, 0.3) is 5.91 Å². The molecule has 4 heteroatoms. The fraction of sp³-hybridized carbons (Fsp3) is 0.882. The minimum atomic E-state index is 0.150. The largest absolute Gasteiger partial charge is 0.348 e. The summed E-state index contributed by atoms with van der Waals surface area (Å²) in [6.07, 6.45) is 13.6. The summed E-state index contributed by atoms with van der Waals surface area (Å²) in [5.74, 6) is 1.47. The molecule has 2 aliphatic carbocycles. The lowest BCUT2D eigenvalue weighted by Gasteiger charge is -2.49. The molecule has 1 aliphatic heterocycles. The lowest BCUT2D eigenvalue weighted by Crippen LogP contribution is -2.53. The average Bonchev–Trinajstić information content (AvgIpc) is 2.54. The Morgan fingerprint density at radius 1 is 1.10 bits per heavy atom. The van der Waals surface area contributed by atoms with Crippen LogP contribution in [0.4, 0.5) is 0 Å². The van der Waals surface area contributed by atoms with Gasteiger partial charge in [-0.2, -0.15) is 4.99 Å². The zero-order valence-corrected chi connectivity index (χ0v) is 14.1. The van der Waals surface area contributed by atoms with E-state index in [-0.39, 0.29) is 11.8 Å². The SMILES string of the molecule is CN1C(=NC(=O)C2CCCCC2)SCCC12CCCCC2. The van der Waals surface area contributed by atoms with E-state index in [1.807, 2.05) is 0 Å². The van der Waals surface area contributed by atoms with Gasteiger partial charge >= 0.3 is 0 Å². The van der Waals surface area contributed by atoms with Crippen LogP contribution in [0.5, 0.6) is 0 Å². The molecule has 1 spiro atoms. The lowest BCUT2D eigenvalue weighted by molar-refractivity contribution is -0.122. The molecule has 21 heavy (non-hydrogen) atoms. The Hall–Kier alpha value is -0.510. The van der Waals surface area contributed by atoms with E-state index in [9.17, 15) is 4.79 Å². The zero-order chi connectivity index (χ0) is 14.7. The number of hydrogen-bond donors (Lipinski definition) is 0. The molecule has 2 saturated carbocycles. The van der Waals surface area contributed by atoms with Crippen molar-refractivity contribution in [1.82, 2.24) is 4.90 Å². The number of carbonyl (C=O) groups is 1. The molecule has 3 aliphatic rings. The van der Waals surface area contributed by atoms with Crippen LogP contribution in [0, 0.1) is 5.92 Å². The van der Waals surface area contributed by atoms with Gasteiger partial charge in [-0.3, -0.25) is 4.79 Å². The maximum absolute atomic E-state index is 12.5. The van der Waals surface area contributed by atoms with Crippen LogP contribution >= 0.6 is 11.8 Å². The van der Waals surface area contributed by atoms with Crippen LogP contribution in [0.15, 0.2) is 4.99 Å². The molecule has 1 saturated heterocycles. The van der Waals surface area contributed by atoms with E-state index in [4.69, 9.17) is 0 Å². The molecule has 0 aromatic rings. The predicted molar refractivity (Wildman–Crippen MR) is 89.7 cm³/mol. The lowest BCUT2D eigenvalue weighted by atomic mass is 9.78.